The van der Waals surface area contributed by atoms with Crippen molar-refractivity contribution in [1.82, 2.24) is 19.9 Å². The third-order valence-corrected chi connectivity index (χ3v) is 6.03. The molecule has 0 amide bonds. The first-order valence-electron chi connectivity index (χ1n) is 9.63. The molecule has 0 aromatic carbocycles. The molecule has 24 heavy (non-hydrogen) atoms. The number of hydrogen-bond acceptors (Lipinski definition) is 6. The van der Waals surface area contributed by atoms with Crippen LogP contribution < -0.4 is 0 Å². The van der Waals surface area contributed by atoms with Crippen molar-refractivity contribution in [3.05, 3.63) is 11.7 Å². The molecule has 3 fully saturated rings. The fourth-order valence-electron chi connectivity index (χ4n) is 4.61. The van der Waals surface area contributed by atoms with Crippen molar-refractivity contribution >= 4 is 0 Å². The lowest BCUT2D eigenvalue weighted by Crippen LogP contribution is -2.39. The highest BCUT2D eigenvalue weighted by Crippen LogP contribution is 2.32. The first-order valence-corrected chi connectivity index (χ1v) is 9.63. The Labute approximate surface area is 144 Å². The van der Waals surface area contributed by atoms with Crippen molar-refractivity contribution in [2.24, 2.45) is 0 Å². The van der Waals surface area contributed by atoms with Crippen LogP contribution in [0.25, 0.3) is 0 Å². The number of hydrogen-bond donors (Lipinski definition) is 0. The molecular weight excluding hydrogens is 304 g/mol. The lowest BCUT2D eigenvalue weighted by atomic mass is 10.1. The summed E-state index contributed by atoms with van der Waals surface area (Å²) in [5.41, 5.74) is 0. The van der Waals surface area contributed by atoms with Gasteiger partial charge in [-0.25, -0.2) is 0 Å². The van der Waals surface area contributed by atoms with Crippen LogP contribution in [0.2, 0.25) is 0 Å². The van der Waals surface area contributed by atoms with Gasteiger partial charge >= 0.3 is 0 Å². The van der Waals surface area contributed by atoms with E-state index in [9.17, 15) is 0 Å². The van der Waals surface area contributed by atoms with E-state index in [-0.39, 0.29) is 0 Å². The largest absolute Gasteiger partial charge is 0.380 e. The van der Waals surface area contributed by atoms with E-state index in [2.05, 4.69) is 15.0 Å². The highest BCUT2D eigenvalue weighted by molar-refractivity contribution is 4.99. The smallest absolute Gasteiger partial charge is 0.240 e. The molecule has 6 nitrogen and oxygen atoms in total. The molecule has 134 valence electrons. The first-order chi connectivity index (χ1) is 11.8. The monoisotopic (exact) mass is 334 g/mol. The SMILES string of the molecule is CO[C@H]1C[C@@H](CN2CCCC2)N(Cc2nc(C3CCCC3)no2)C1. The van der Waals surface area contributed by atoms with Crippen molar-refractivity contribution in [3.8, 4) is 0 Å². The standard InChI is InChI=1S/C18H30N4O2/c1-23-16-10-15(11-21-8-4-5-9-21)22(12-16)13-17-19-18(20-24-17)14-6-2-3-7-14/h14-16H,2-13H2,1H3/t15-,16-/m0/s1. The molecule has 4 rings (SSSR count). The predicted molar refractivity (Wildman–Crippen MR) is 90.8 cm³/mol. The van der Waals surface area contributed by atoms with Crippen LogP contribution in [0, 0.1) is 0 Å². The van der Waals surface area contributed by atoms with Gasteiger partial charge in [0.25, 0.3) is 0 Å². The Kier molecular flexibility index (Phi) is 5.15. The third-order valence-electron chi connectivity index (χ3n) is 6.03. The molecule has 6 heteroatoms. The van der Waals surface area contributed by atoms with Crippen LogP contribution in [0.4, 0.5) is 0 Å². The number of likely N-dealkylation sites (tertiary alicyclic amines) is 2. The van der Waals surface area contributed by atoms with Gasteiger partial charge in [-0.2, -0.15) is 4.98 Å². The second kappa shape index (κ2) is 7.50. The summed E-state index contributed by atoms with van der Waals surface area (Å²) in [4.78, 5) is 9.77. The molecule has 2 atom stereocenters. The fraction of sp³-hybridized carbons (Fsp3) is 0.889. The third kappa shape index (κ3) is 3.65. The lowest BCUT2D eigenvalue weighted by Gasteiger charge is -2.26. The van der Waals surface area contributed by atoms with Gasteiger partial charge in [0.1, 0.15) is 0 Å². The van der Waals surface area contributed by atoms with Crippen molar-refractivity contribution in [3.63, 3.8) is 0 Å². The molecule has 2 saturated heterocycles. The summed E-state index contributed by atoms with van der Waals surface area (Å²) in [6.45, 7) is 5.36. The van der Waals surface area contributed by atoms with Crippen LogP contribution in [0.3, 0.4) is 0 Å². The zero-order valence-electron chi connectivity index (χ0n) is 14.8. The van der Waals surface area contributed by atoms with Crippen molar-refractivity contribution < 1.29 is 9.26 Å². The highest BCUT2D eigenvalue weighted by atomic mass is 16.5. The molecule has 0 N–H and O–H groups in total. The van der Waals surface area contributed by atoms with Gasteiger partial charge < -0.3 is 14.2 Å². The maximum absolute atomic E-state index is 5.63. The summed E-state index contributed by atoms with van der Waals surface area (Å²) in [5, 5.41) is 4.25. The van der Waals surface area contributed by atoms with E-state index in [1.165, 1.54) is 51.6 Å². The summed E-state index contributed by atoms with van der Waals surface area (Å²) in [6, 6.07) is 0.537. The Hall–Kier alpha value is -0.980. The Morgan fingerprint density at radius 1 is 1.17 bits per heavy atom. The van der Waals surface area contributed by atoms with Gasteiger partial charge in [0.2, 0.25) is 5.89 Å². The lowest BCUT2D eigenvalue weighted by molar-refractivity contribution is 0.105. The van der Waals surface area contributed by atoms with Crippen LogP contribution >= 0.6 is 0 Å². The number of aromatic nitrogens is 2. The molecule has 1 saturated carbocycles. The van der Waals surface area contributed by atoms with Gasteiger partial charge in [-0.15, -0.1) is 0 Å². The van der Waals surface area contributed by atoms with Crippen molar-refractivity contribution in [2.75, 3.05) is 33.3 Å². The Bertz CT molecular complexity index is 523. The number of methoxy groups -OCH3 is 1. The summed E-state index contributed by atoms with van der Waals surface area (Å²) in [6.07, 6.45) is 9.15. The van der Waals surface area contributed by atoms with E-state index in [1.54, 1.807) is 0 Å². The molecule has 2 aliphatic heterocycles. The highest BCUT2D eigenvalue weighted by Gasteiger charge is 2.35. The normalized spacial score (nSPS) is 29.9. The quantitative estimate of drug-likeness (QED) is 0.796. The average Bonchev–Trinajstić information content (AvgIpc) is 3.36. The molecule has 3 heterocycles. The summed E-state index contributed by atoms with van der Waals surface area (Å²) < 4.78 is 11.2. The molecule has 1 aliphatic carbocycles. The van der Waals surface area contributed by atoms with E-state index in [1.807, 2.05) is 7.11 Å². The second-order valence-corrected chi connectivity index (χ2v) is 7.71. The number of rotatable bonds is 6. The molecule has 1 aromatic rings. The zero-order valence-corrected chi connectivity index (χ0v) is 14.8. The molecule has 0 radical (unpaired) electrons. The van der Waals surface area contributed by atoms with Crippen molar-refractivity contribution in [2.45, 2.75) is 69.6 Å². The van der Waals surface area contributed by atoms with Crippen LogP contribution in [0.1, 0.15) is 62.6 Å². The van der Waals surface area contributed by atoms with Crippen LogP contribution in [-0.4, -0.2) is 65.4 Å². The van der Waals surface area contributed by atoms with E-state index < -0.39 is 0 Å². The van der Waals surface area contributed by atoms with Gasteiger partial charge in [0.15, 0.2) is 5.82 Å². The van der Waals surface area contributed by atoms with E-state index in [0.717, 1.165) is 37.8 Å². The predicted octanol–water partition coefficient (Wildman–Crippen LogP) is 2.41. The summed E-state index contributed by atoms with van der Waals surface area (Å²) in [5.74, 6) is 2.23. The van der Waals surface area contributed by atoms with Crippen LogP contribution in [-0.2, 0) is 11.3 Å². The molecule has 3 aliphatic rings. The zero-order chi connectivity index (χ0) is 16.4. The Morgan fingerprint density at radius 3 is 2.71 bits per heavy atom. The van der Waals surface area contributed by atoms with Crippen molar-refractivity contribution in [1.29, 1.82) is 0 Å². The fourth-order valence-corrected chi connectivity index (χ4v) is 4.61. The van der Waals surface area contributed by atoms with Gasteiger partial charge in [-0.1, -0.05) is 18.0 Å². The Morgan fingerprint density at radius 2 is 1.96 bits per heavy atom. The molecule has 1 aromatic heterocycles. The van der Waals surface area contributed by atoms with E-state index >= 15 is 0 Å². The van der Waals surface area contributed by atoms with Crippen LogP contribution in [0.5, 0.6) is 0 Å². The van der Waals surface area contributed by atoms with Gasteiger partial charge in [-0.3, -0.25) is 4.90 Å². The Balaban J connectivity index is 1.39. The minimum atomic E-state index is 0.329. The second-order valence-electron chi connectivity index (χ2n) is 7.71. The maximum atomic E-state index is 5.63. The minimum Gasteiger partial charge on any atom is -0.380 e. The first kappa shape index (κ1) is 16.5. The average molecular weight is 334 g/mol. The van der Waals surface area contributed by atoms with Gasteiger partial charge in [0, 0.05) is 32.2 Å². The minimum absolute atomic E-state index is 0.329. The molecule has 0 unspecified atom stereocenters. The molecule has 0 spiro atoms. The number of ether oxygens (including phenoxy) is 1. The molecule has 0 bridgehead atoms. The topological polar surface area (TPSA) is 54.6 Å². The summed E-state index contributed by atoms with van der Waals surface area (Å²) in [7, 11) is 1.83. The molecular formula is C18H30N4O2. The van der Waals surface area contributed by atoms with Gasteiger partial charge in [0.05, 0.1) is 12.6 Å². The maximum Gasteiger partial charge on any atom is 0.240 e. The van der Waals surface area contributed by atoms with E-state index in [4.69, 9.17) is 14.2 Å². The van der Waals surface area contributed by atoms with Gasteiger partial charge in [-0.05, 0) is 45.2 Å². The van der Waals surface area contributed by atoms with E-state index in [0.29, 0.717) is 18.1 Å². The summed E-state index contributed by atoms with van der Waals surface area (Å²) >= 11 is 0. The number of nitrogens with zero attached hydrogens (tertiary/aromatic N) is 4. The van der Waals surface area contributed by atoms with Crippen LogP contribution in [0.15, 0.2) is 4.52 Å².